The Morgan fingerprint density at radius 1 is 1.12 bits per heavy atom. The summed E-state index contributed by atoms with van der Waals surface area (Å²) in [5.74, 6) is 0.469. The molecule has 0 aliphatic rings. The zero-order valence-electron chi connectivity index (χ0n) is 15.3. The number of ether oxygens (including phenoxy) is 2. The van der Waals surface area contributed by atoms with Crippen LogP contribution in [0.4, 0.5) is 5.69 Å². The van der Waals surface area contributed by atoms with Gasteiger partial charge in [-0.25, -0.2) is 0 Å². The highest BCUT2D eigenvalue weighted by atomic mass is 16.5. The van der Waals surface area contributed by atoms with Gasteiger partial charge in [0.15, 0.2) is 5.75 Å². The third-order valence-electron chi connectivity index (χ3n) is 4.14. The Hall–Kier alpha value is -2.50. The molecule has 2 rings (SSSR count). The van der Waals surface area contributed by atoms with Crippen LogP contribution >= 0.6 is 0 Å². The summed E-state index contributed by atoms with van der Waals surface area (Å²) in [4.78, 5) is 24.2. The fourth-order valence-corrected chi connectivity index (χ4v) is 2.98. The van der Waals surface area contributed by atoms with Crippen LogP contribution in [0.25, 0.3) is 10.9 Å². The van der Waals surface area contributed by atoms with Gasteiger partial charge in [-0.2, -0.15) is 0 Å². The lowest BCUT2D eigenvalue weighted by Gasteiger charge is -2.17. The lowest BCUT2D eigenvalue weighted by Crippen LogP contribution is -2.23. The van der Waals surface area contributed by atoms with E-state index in [0.717, 1.165) is 36.6 Å². The summed E-state index contributed by atoms with van der Waals surface area (Å²) in [6, 6.07) is 5.43. The largest absolute Gasteiger partial charge is 0.492 e. The number of carbonyl (C=O) groups is 1. The predicted octanol–water partition coefficient (Wildman–Crippen LogP) is 3.56. The van der Waals surface area contributed by atoms with Crippen molar-refractivity contribution in [2.45, 2.75) is 46.1 Å². The molecule has 0 unspecified atom stereocenters. The third-order valence-corrected chi connectivity index (χ3v) is 4.14. The zero-order chi connectivity index (χ0) is 18.4. The molecule has 0 aliphatic carbocycles. The zero-order valence-corrected chi connectivity index (χ0v) is 15.3. The molecule has 1 heterocycles. The van der Waals surface area contributed by atoms with Crippen LogP contribution in [0.15, 0.2) is 23.0 Å². The van der Waals surface area contributed by atoms with Gasteiger partial charge in [-0.15, -0.1) is 0 Å². The fraction of sp³-hybridized carbons (Fsp3) is 0.474. The lowest BCUT2D eigenvalue weighted by atomic mass is 10.1. The standard InChI is InChI=1S/C19H26N2O4/c1-5-6-7-8-11-21-16-12-14(20-13(2)22)9-10-15(16)17(24-3)18(25-4)19(21)23/h9-10,12H,5-8,11H2,1-4H3,(H,20,22). The van der Waals surface area contributed by atoms with Crippen LogP contribution in [0.2, 0.25) is 0 Å². The van der Waals surface area contributed by atoms with E-state index < -0.39 is 0 Å². The molecule has 0 aliphatic heterocycles. The molecule has 136 valence electrons. The van der Waals surface area contributed by atoms with Gasteiger partial charge < -0.3 is 19.4 Å². The number of pyridine rings is 1. The van der Waals surface area contributed by atoms with Gasteiger partial charge in [0.25, 0.3) is 5.56 Å². The second kappa shape index (κ2) is 8.55. The molecule has 2 aromatic rings. The number of aryl methyl sites for hydroxylation is 1. The van der Waals surface area contributed by atoms with Crippen LogP contribution in [-0.2, 0) is 11.3 Å². The molecular formula is C19H26N2O4. The van der Waals surface area contributed by atoms with Crippen molar-refractivity contribution in [3.8, 4) is 11.5 Å². The Labute approximate surface area is 147 Å². The van der Waals surface area contributed by atoms with Gasteiger partial charge in [0, 0.05) is 24.5 Å². The molecule has 6 heteroatoms. The number of nitrogens with zero attached hydrogens (tertiary/aromatic N) is 1. The third kappa shape index (κ3) is 4.13. The van der Waals surface area contributed by atoms with Crippen molar-refractivity contribution in [2.75, 3.05) is 19.5 Å². The molecule has 1 N–H and O–H groups in total. The van der Waals surface area contributed by atoms with Crippen LogP contribution in [-0.4, -0.2) is 24.7 Å². The lowest BCUT2D eigenvalue weighted by molar-refractivity contribution is -0.114. The quantitative estimate of drug-likeness (QED) is 0.742. The first kappa shape index (κ1) is 18.8. The Kier molecular flexibility index (Phi) is 6.44. The van der Waals surface area contributed by atoms with Gasteiger partial charge in [0.05, 0.1) is 19.7 Å². The fourth-order valence-electron chi connectivity index (χ4n) is 2.98. The van der Waals surface area contributed by atoms with Gasteiger partial charge in [0.2, 0.25) is 11.7 Å². The second-order valence-electron chi connectivity index (χ2n) is 6.00. The molecule has 0 fully saturated rings. The van der Waals surface area contributed by atoms with Crippen molar-refractivity contribution >= 4 is 22.5 Å². The Bertz CT molecular complexity index is 811. The molecule has 0 saturated heterocycles. The van der Waals surface area contributed by atoms with Crippen molar-refractivity contribution in [3.63, 3.8) is 0 Å². The number of fused-ring (bicyclic) bond motifs is 1. The monoisotopic (exact) mass is 346 g/mol. The average molecular weight is 346 g/mol. The molecule has 0 saturated carbocycles. The van der Waals surface area contributed by atoms with Gasteiger partial charge >= 0.3 is 0 Å². The highest BCUT2D eigenvalue weighted by Crippen LogP contribution is 2.33. The Balaban J connectivity index is 2.61. The first-order valence-corrected chi connectivity index (χ1v) is 8.59. The molecule has 0 bridgehead atoms. The summed E-state index contributed by atoms with van der Waals surface area (Å²) in [5.41, 5.74) is 1.16. The molecule has 0 atom stereocenters. The van der Waals surface area contributed by atoms with E-state index in [1.807, 2.05) is 6.07 Å². The summed E-state index contributed by atoms with van der Waals surface area (Å²) < 4.78 is 12.4. The predicted molar refractivity (Wildman–Crippen MR) is 99.8 cm³/mol. The summed E-state index contributed by atoms with van der Waals surface area (Å²) in [6.45, 7) is 4.20. The van der Waals surface area contributed by atoms with E-state index >= 15 is 0 Å². The number of hydrogen-bond donors (Lipinski definition) is 1. The number of aromatic nitrogens is 1. The summed E-state index contributed by atoms with van der Waals surface area (Å²) in [6.07, 6.45) is 4.23. The maximum atomic E-state index is 12.9. The molecule has 1 amide bonds. The minimum absolute atomic E-state index is 0.156. The Morgan fingerprint density at radius 3 is 2.44 bits per heavy atom. The molecule has 1 aromatic heterocycles. The van der Waals surface area contributed by atoms with E-state index in [2.05, 4.69) is 12.2 Å². The van der Waals surface area contributed by atoms with E-state index in [0.29, 0.717) is 18.0 Å². The van der Waals surface area contributed by atoms with Crippen LogP contribution in [0.3, 0.4) is 0 Å². The maximum absolute atomic E-state index is 12.9. The van der Waals surface area contributed by atoms with E-state index in [1.54, 1.807) is 16.7 Å². The minimum atomic E-state index is -0.219. The Morgan fingerprint density at radius 2 is 1.84 bits per heavy atom. The van der Waals surface area contributed by atoms with Crippen LogP contribution in [0.1, 0.15) is 39.5 Å². The van der Waals surface area contributed by atoms with E-state index in [-0.39, 0.29) is 17.2 Å². The van der Waals surface area contributed by atoms with Crippen LogP contribution in [0.5, 0.6) is 11.5 Å². The van der Waals surface area contributed by atoms with E-state index in [4.69, 9.17) is 9.47 Å². The first-order chi connectivity index (χ1) is 12.0. The van der Waals surface area contributed by atoms with Crippen molar-refractivity contribution < 1.29 is 14.3 Å². The van der Waals surface area contributed by atoms with Crippen molar-refractivity contribution in [3.05, 3.63) is 28.6 Å². The molecule has 0 spiro atoms. The summed E-state index contributed by atoms with van der Waals surface area (Å²) >= 11 is 0. The SMILES string of the molecule is CCCCCCn1c(=O)c(OC)c(OC)c2ccc(NC(C)=O)cc21. The van der Waals surface area contributed by atoms with Crippen molar-refractivity contribution in [1.29, 1.82) is 0 Å². The highest BCUT2D eigenvalue weighted by molar-refractivity contribution is 5.94. The number of hydrogen-bond acceptors (Lipinski definition) is 4. The molecule has 1 aromatic carbocycles. The van der Waals surface area contributed by atoms with Gasteiger partial charge in [-0.05, 0) is 24.6 Å². The second-order valence-corrected chi connectivity index (χ2v) is 6.00. The average Bonchev–Trinajstić information content (AvgIpc) is 2.58. The normalized spacial score (nSPS) is 10.7. The molecular weight excluding hydrogens is 320 g/mol. The first-order valence-electron chi connectivity index (χ1n) is 8.59. The number of benzene rings is 1. The minimum Gasteiger partial charge on any atom is -0.492 e. The topological polar surface area (TPSA) is 69.6 Å². The van der Waals surface area contributed by atoms with Gasteiger partial charge in [-0.3, -0.25) is 9.59 Å². The number of rotatable bonds is 8. The highest BCUT2D eigenvalue weighted by Gasteiger charge is 2.18. The van der Waals surface area contributed by atoms with Gasteiger partial charge in [-0.1, -0.05) is 26.2 Å². The maximum Gasteiger partial charge on any atom is 0.297 e. The molecule has 25 heavy (non-hydrogen) atoms. The van der Waals surface area contributed by atoms with Crippen molar-refractivity contribution in [2.24, 2.45) is 0 Å². The summed E-state index contributed by atoms with van der Waals surface area (Å²) in [7, 11) is 2.99. The van der Waals surface area contributed by atoms with Crippen molar-refractivity contribution in [1.82, 2.24) is 4.57 Å². The number of carbonyl (C=O) groups excluding carboxylic acids is 1. The van der Waals surface area contributed by atoms with Gasteiger partial charge in [0.1, 0.15) is 0 Å². The number of methoxy groups -OCH3 is 2. The number of nitrogens with one attached hydrogen (secondary N) is 1. The number of unbranched alkanes of at least 4 members (excludes halogenated alkanes) is 3. The van der Waals surface area contributed by atoms with Crippen LogP contribution in [0, 0.1) is 0 Å². The smallest absolute Gasteiger partial charge is 0.297 e. The number of anilines is 1. The van der Waals surface area contributed by atoms with E-state index in [9.17, 15) is 9.59 Å². The number of amides is 1. The molecule has 6 nitrogen and oxygen atoms in total. The van der Waals surface area contributed by atoms with Crippen LogP contribution < -0.4 is 20.3 Å². The molecule has 0 radical (unpaired) electrons. The summed E-state index contributed by atoms with van der Waals surface area (Å²) in [5, 5.41) is 3.54. The van der Waals surface area contributed by atoms with E-state index in [1.165, 1.54) is 21.1 Å².